The third-order valence-corrected chi connectivity index (χ3v) is 5.02. The summed E-state index contributed by atoms with van der Waals surface area (Å²) in [5, 5.41) is 8.35. The van der Waals surface area contributed by atoms with Crippen molar-refractivity contribution in [3.05, 3.63) is 46.6 Å². The third kappa shape index (κ3) is 2.29. The van der Waals surface area contributed by atoms with Gasteiger partial charge < -0.3 is 9.88 Å². The first-order chi connectivity index (χ1) is 12.3. The summed E-state index contributed by atoms with van der Waals surface area (Å²) in [5.74, 6) is 1.10. The zero-order valence-electron chi connectivity index (χ0n) is 13.5. The highest BCUT2D eigenvalue weighted by Gasteiger charge is 2.24. The van der Waals surface area contributed by atoms with Crippen LogP contribution in [-0.4, -0.2) is 43.2 Å². The molecule has 0 atom stereocenters. The minimum atomic E-state index is -0.154. The Morgan fingerprint density at radius 1 is 1.16 bits per heavy atom. The standard InChI is InChI=1S/C17H17N7O/c25-16-13-9-20-23-15(13)21-17(22-16)24-6-3-10(4-7-24)12-8-19-14-11(12)2-1-5-18-14/h1-2,5,8-10H,3-4,6-7H2,(H,18,19)(H2,20,21,22,23,25). The van der Waals surface area contributed by atoms with Gasteiger partial charge in [-0.25, -0.2) is 4.98 Å². The van der Waals surface area contributed by atoms with Gasteiger partial charge in [0, 0.05) is 30.9 Å². The van der Waals surface area contributed by atoms with Crippen molar-refractivity contribution >= 4 is 28.0 Å². The van der Waals surface area contributed by atoms with Gasteiger partial charge in [0.25, 0.3) is 5.56 Å². The van der Waals surface area contributed by atoms with E-state index >= 15 is 0 Å². The maximum atomic E-state index is 12.1. The Labute approximate surface area is 142 Å². The van der Waals surface area contributed by atoms with Gasteiger partial charge in [-0.2, -0.15) is 10.1 Å². The van der Waals surface area contributed by atoms with E-state index in [1.165, 1.54) is 17.1 Å². The number of aromatic amines is 3. The molecule has 25 heavy (non-hydrogen) atoms. The summed E-state index contributed by atoms with van der Waals surface area (Å²) >= 11 is 0. The van der Waals surface area contributed by atoms with Crippen LogP contribution in [0.3, 0.4) is 0 Å². The average molecular weight is 335 g/mol. The van der Waals surface area contributed by atoms with Crippen LogP contribution < -0.4 is 10.5 Å². The van der Waals surface area contributed by atoms with Crippen molar-refractivity contribution in [2.45, 2.75) is 18.8 Å². The molecule has 1 aliphatic rings. The van der Waals surface area contributed by atoms with Crippen LogP contribution >= 0.6 is 0 Å². The van der Waals surface area contributed by atoms with Crippen LogP contribution in [0, 0.1) is 0 Å². The summed E-state index contributed by atoms with van der Waals surface area (Å²) in [4.78, 5) is 29.2. The molecule has 4 aromatic rings. The van der Waals surface area contributed by atoms with Crippen molar-refractivity contribution in [3.63, 3.8) is 0 Å². The molecule has 4 aromatic heterocycles. The van der Waals surface area contributed by atoms with Crippen LogP contribution in [0.1, 0.15) is 24.3 Å². The zero-order chi connectivity index (χ0) is 16.8. The van der Waals surface area contributed by atoms with Gasteiger partial charge in [0.05, 0.1) is 6.20 Å². The number of nitrogens with one attached hydrogen (secondary N) is 3. The minimum Gasteiger partial charge on any atom is -0.346 e. The molecule has 0 bridgehead atoms. The molecule has 1 aliphatic heterocycles. The summed E-state index contributed by atoms with van der Waals surface area (Å²) in [7, 11) is 0. The predicted molar refractivity (Wildman–Crippen MR) is 94.8 cm³/mol. The molecule has 3 N–H and O–H groups in total. The Morgan fingerprint density at radius 3 is 2.92 bits per heavy atom. The van der Waals surface area contributed by atoms with Crippen LogP contribution in [0.25, 0.3) is 22.1 Å². The summed E-state index contributed by atoms with van der Waals surface area (Å²) in [6.07, 6.45) is 7.40. The second-order valence-corrected chi connectivity index (χ2v) is 6.43. The fourth-order valence-electron chi connectivity index (χ4n) is 3.70. The minimum absolute atomic E-state index is 0.154. The van der Waals surface area contributed by atoms with Gasteiger partial charge in [-0.05, 0) is 36.5 Å². The molecule has 1 fully saturated rings. The Morgan fingerprint density at radius 2 is 2.04 bits per heavy atom. The van der Waals surface area contributed by atoms with E-state index in [9.17, 15) is 4.79 Å². The molecule has 0 saturated carbocycles. The summed E-state index contributed by atoms with van der Waals surface area (Å²) in [5.41, 5.74) is 2.64. The van der Waals surface area contributed by atoms with E-state index in [4.69, 9.17) is 0 Å². The molecule has 0 amide bonds. The van der Waals surface area contributed by atoms with Crippen molar-refractivity contribution in [1.82, 2.24) is 30.1 Å². The average Bonchev–Trinajstić information content (AvgIpc) is 3.29. The van der Waals surface area contributed by atoms with Gasteiger partial charge in [-0.3, -0.25) is 14.9 Å². The highest BCUT2D eigenvalue weighted by atomic mass is 16.1. The molecule has 0 aliphatic carbocycles. The first-order valence-electron chi connectivity index (χ1n) is 8.40. The van der Waals surface area contributed by atoms with Crippen molar-refractivity contribution in [2.24, 2.45) is 0 Å². The summed E-state index contributed by atoms with van der Waals surface area (Å²) < 4.78 is 0. The number of nitrogens with zero attached hydrogens (tertiary/aromatic N) is 4. The van der Waals surface area contributed by atoms with Gasteiger partial charge in [0.2, 0.25) is 5.95 Å². The van der Waals surface area contributed by atoms with Crippen molar-refractivity contribution in [3.8, 4) is 0 Å². The molecule has 8 nitrogen and oxygen atoms in total. The van der Waals surface area contributed by atoms with Crippen LogP contribution in [0.5, 0.6) is 0 Å². The Kier molecular flexibility index (Phi) is 3.09. The van der Waals surface area contributed by atoms with E-state index in [1.807, 2.05) is 6.07 Å². The second kappa shape index (κ2) is 5.44. The number of pyridine rings is 1. The lowest BCUT2D eigenvalue weighted by atomic mass is 9.89. The molecule has 5 heterocycles. The SMILES string of the molecule is O=c1[nH]c(N2CCC(c3c[nH]c4ncccc34)CC2)nc2[nH]ncc12. The first-order valence-corrected chi connectivity index (χ1v) is 8.40. The smallest absolute Gasteiger partial charge is 0.263 e. The summed E-state index contributed by atoms with van der Waals surface area (Å²) in [6.45, 7) is 1.69. The fourth-order valence-corrected chi connectivity index (χ4v) is 3.70. The van der Waals surface area contributed by atoms with E-state index in [1.54, 1.807) is 6.20 Å². The number of piperidine rings is 1. The topological polar surface area (TPSA) is 106 Å². The number of anilines is 1. The van der Waals surface area contributed by atoms with Crippen molar-refractivity contribution < 1.29 is 0 Å². The van der Waals surface area contributed by atoms with Crippen LogP contribution in [-0.2, 0) is 0 Å². The highest BCUT2D eigenvalue weighted by molar-refractivity contribution is 5.80. The molecular weight excluding hydrogens is 318 g/mol. The number of aromatic nitrogens is 6. The fraction of sp³-hybridized carbons (Fsp3) is 0.294. The molecule has 0 spiro atoms. The second-order valence-electron chi connectivity index (χ2n) is 6.43. The van der Waals surface area contributed by atoms with Gasteiger partial charge >= 0.3 is 0 Å². The van der Waals surface area contributed by atoms with Gasteiger partial charge in [-0.1, -0.05) is 0 Å². The number of rotatable bonds is 2. The van der Waals surface area contributed by atoms with Gasteiger partial charge in [-0.15, -0.1) is 0 Å². The molecule has 8 heteroatoms. The van der Waals surface area contributed by atoms with Gasteiger partial charge in [0.1, 0.15) is 11.0 Å². The molecular formula is C17H17N7O. The normalized spacial score (nSPS) is 16.1. The van der Waals surface area contributed by atoms with Gasteiger partial charge in [0.15, 0.2) is 5.65 Å². The predicted octanol–water partition coefficient (Wildman–Crippen LogP) is 1.91. The maximum absolute atomic E-state index is 12.1. The van der Waals surface area contributed by atoms with E-state index in [0.29, 0.717) is 22.9 Å². The van der Waals surface area contributed by atoms with E-state index in [-0.39, 0.29) is 5.56 Å². The maximum Gasteiger partial charge on any atom is 0.263 e. The molecule has 0 aromatic carbocycles. The molecule has 0 radical (unpaired) electrons. The summed E-state index contributed by atoms with van der Waals surface area (Å²) in [6, 6.07) is 4.09. The number of H-pyrrole nitrogens is 3. The largest absolute Gasteiger partial charge is 0.346 e. The Hall–Kier alpha value is -3.16. The lowest BCUT2D eigenvalue weighted by molar-refractivity contribution is 0.502. The molecule has 126 valence electrons. The molecule has 0 unspecified atom stereocenters. The quantitative estimate of drug-likeness (QED) is 0.519. The lowest BCUT2D eigenvalue weighted by Crippen LogP contribution is -2.35. The first kappa shape index (κ1) is 14.2. The van der Waals surface area contributed by atoms with Crippen molar-refractivity contribution in [1.29, 1.82) is 0 Å². The van der Waals surface area contributed by atoms with E-state index in [2.05, 4.69) is 47.3 Å². The van der Waals surface area contributed by atoms with E-state index in [0.717, 1.165) is 31.6 Å². The van der Waals surface area contributed by atoms with Crippen LogP contribution in [0.4, 0.5) is 5.95 Å². The highest BCUT2D eigenvalue weighted by Crippen LogP contribution is 2.33. The van der Waals surface area contributed by atoms with Crippen LogP contribution in [0.2, 0.25) is 0 Å². The number of fused-ring (bicyclic) bond motifs is 2. The monoisotopic (exact) mass is 335 g/mol. The third-order valence-electron chi connectivity index (χ3n) is 5.02. The Bertz CT molecular complexity index is 1100. The Balaban J connectivity index is 1.39. The van der Waals surface area contributed by atoms with Crippen LogP contribution in [0.15, 0.2) is 35.5 Å². The van der Waals surface area contributed by atoms with E-state index < -0.39 is 0 Å². The lowest BCUT2D eigenvalue weighted by Gasteiger charge is -2.32. The molecule has 1 saturated heterocycles. The molecule has 5 rings (SSSR count). The zero-order valence-corrected chi connectivity index (χ0v) is 13.5. The number of hydrogen-bond donors (Lipinski definition) is 3. The van der Waals surface area contributed by atoms with Crippen molar-refractivity contribution in [2.75, 3.05) is 18.0 Å². The number of hydrogen-bond acceptors (Lipinski definition) is 5.